The minimum Gasteiger partial charge on any atom is -0.822 e. The average Bonchev–Trinajstić information content (AvgIpc) is 1.12. The van der Waals surface area contributed by atoms with Crippen molar-refractivity contribution < 1.29 is 131 Å². The fraction of sp³-hybridized carbons (Fsp3) is 0. The second-order valence-electron chi connectivity index (χ2n) is 0.894. The van der Waals surface area contributed by atoms with Gasteiger partial charge in [0, 0.05) is 0 Å². The van der Waals surface area contributed by atoms with E-state index in [-0.39, 0.29) is 93.0 Å². The summed E-state index contributed by atoms with van der Waals surface area (Å²) in [6.45, 7) is 0. The van der Waals surface area contributed by atoms with Crippen LogP contribution >= 0.6 is 15.6 Å². The van der Waals surface area contributed by atoms with Crippen LogP contribution in [0, 0.1) is 0 Å². The van der Waals surface area contributed by atoms with Crippen LogP contribution in [0.25, 0.3) is 0 Å². The van der Waals surface area contributed by atoms with Gasteiger partial charge in [0.25, 0.3) is 0 Å². The van der Waals surface area contributed by atoms with Crippen molar-refractivity contribution in [2.24, 2.45) is 0 Å². The Morgan fingerprint density at radius 1 is 0.615 bits per heavy atom. The largest absolute Gasteiger partial charge is 1.00 e. The quantitative estimate of drug-likeness (QED) is 0.305. The van der Waals surface area contributed by atoms with Gasteiger partial charge in [-0.3, -0.25) is 0 Å². The van der Waals surface area contributed by atoms with E-state index in [1.54, 1.807) is 0 Å². The molecule has 0 aromatic heterocycles. The van der Waals surface area contributed by atoms with Gasteiger partial charge in [0.15, 0.2) is 0 Å². The van der Waals surface area contributed by atoms with Gasteiger partial charge in [0.1, 0.15) is 0 Å². The fourth-order valence-corrected chi connectivity index (χ4v) is 0. The first-order valence-corrected chi connectivity index (χ1v) is 4.38. The summed E-state index contributed by atoms with van der Waals surface area (Å²) in [6, 6.07) is 0. The van der Waals surface area contributed by atoms with Crippen LogP contribution in [0.1, 0.15) is 4.28 Å². The van der Waals surface area contributed by atoms with Crippen LogP contribution in [0.15, 0.2) is 0 Å². The molecule has 13 heteroatoms. The maximum Gasteiger partial charge on any atom is 1.00 e. The third-order valence-corrected chi connectivity index (χ3v) is 0. The van der Waals surface area contributed by atoms with E-state index in [4.69, 9.17) is 38.5 Å². The molecule has 0 saturated carbocycles. The van der Waals surface area contributed by atoms with Crippen molar-refractivity contribution in [1.82, 2.24) is 0 Å². The van der Waals surface area contributed by atoms with Crippen LogP contribution < -0.4 is 118 Å². The Labute approximate surface area is 145 Å². The Kier molecular flexibility index (Phi) is 30.5. The van der Waals surface area contributed by atoms with Crippen LogP contribution in [0.4, 0.5) is 0 Å². The molecule has 0 amide bonds. The first-order valence-electron chi connectivity index (χ1n) is 1.46. The molecular formula is H3Na3O8P2. The average molecular weight is 262 g/mol. The van der Waals surface area contributed by atoms with Crippen molar-refractivity contribution in [3.8, 4) is 0 Å². The van der Waals surface area contributed by atoms with Gasteiger partial charge in [-0.15, -0.1) is 0 Å². The molecule has 0 N–H and O–H groups in total. The molecule has 0 fully saturated rings. The van der Waals surface area contributed by atoms with E-state index < -0.39 is 15.6 Å². The van der Waals surface area contributed by atoms with Crippen molar-refractivity contribution in [1.29, 1.82) is 0 Å². The molecule has 0 heterocycles. The van der Waals surface area contributed by atoms with E-state index in [1.807, 2.05) is 0 Å². The molecule has 0 rings (SSSR count). The van der Waals surface area contributed by atoms with Gasteiger partial charge in [-0.05, 0) is 0 Å². The van der Waals surface area contributed by atoms with Crippen LogP contribution in [0.2, 0.25) is 0 Å². The van der Waals surface area contributed by atoms with Gasteiger partial charge in [0.05, 0.1) is 0 Å². The molecule has 0 aromatic carbocycles. The molecule has 0 bridgehead atoms. The minimum absolute atomic E-state index is 0. The Balaban J connectivity index is -0.00000000970. The van der Waals surface area contributed by atoms with E-state index in [0.29, 0.717) is 0 Å². The summed E-state index contributed by atoms with van der Waals surface area (Å²) in [5, 5.41) is 0. The van der Waals surface area contributed by atoms with Crippen molar-refractivity contribution in [3.05, 3.63) is 0 Å². The molecule has 0 saturated heterocycles. The smallest absolute Gasteiger partial charge is 0.822 e. The van der Waals surface area contributed by atoms with E-state index in [2.05, 4.69) is 0 Å². The van der Waals surface area contributed by atoms with Crippen LogP contribution in [0.5, 0.6) is 0 Å². The zero-order valence-corrected chi connectivity index (χ0v) is 14.9. The Morgan fingerprint density at radius 2 is 0.615 bits per heavy atom. The maximum absolute atomic E-state index is 8.55. The topological polar surface area (TPSA) is 172 Å². The van der Waals surface area contributed by atoms with Crippen LogP contribution in [-0.2, 0) is 9.13 Å². The minimum atomic E-state index is -5.39. The standard InChI is InChI=1S/3Na.2H3O4P/c;;;2*1-5(2,3)4/h;;;2*(H3,1,2,3,4)/q3*+1;;/p-3. The molecule has 0 aliphatic carbocycles. The predicted octanol–water partition coefficient (Wildman–Crippen LogP) is -14.3. The summed E-state index contributed by atoms with van der Waals surface area (Å²) < 4.78 is 17.1. The molecule has 0 atom stereocenters. The second-order valence-corrected chi connectivity index (χ2v) is 2.68. The molecule has 0 aliphatic rings. The van der Waals surface area contributed by atoms with Gasteiger partial charge in [0.2, 0.25) is 0 Å². The van der Waals surface area contributed by atoms with Gasteiger partial charge in [-0.2, -0.15) is 15.6 Å². The van der Waals surface area contributed by atoms with Crippen molar-refractivity contribution in [2.45, 2.75) is 0 Å². The van der Waals surface area contributed by atoms with Gasteiger partial charge >= 0.3 is 93.0 Å². The Morgan fingerprint density at radius 3 is 0.615 bits per heavy atom. The van der Waals surface area contributed by atoms with Gasteiger partial charge < -0.3 is 38.5 Å². The van der Waals surface area contributed by atoms with Crippen molar-refractivity contribution in [2.75, 3.05) is 0 Å². The van der Waals surface area contributed by atoms with E-state index in [0.717, 1.165) is 0 Å². The van der Waals surface area contributed by atoms with E-state index in [1.165, 1.54) is 0 Å². The normalized spacial score (nSPS) is 9.08. The zero-order valence-electron chi connectivity index (χ0n) is 10.2. The molecule has 0 spiro atoms. The predicted molar refractivity (Wildman–Crippen MR) is 18.5 cm³/mol. The molecule has 13 heavy (non-hydrogen) atoms. The molecule has 64 valence electrons. The SMILES string of the molecule is O=P([O-])([O-])[O-].O=P([O-])([O-])[O-].[H+].[H+].[H+].[Na+].[Na+].[Na+]. The number of hydrogen-bond donors (Lipinski definition) is 0. The van der Waals surface area contributed by atoms with Crippen molar-refractivity contribution >= 4 is 15.6 Å². The molecule has 0 unspecified atom stereocenters. The van der Waals surface area contributed by atoms with E-state index in [9.17, 15) is 0 Å². The summed E-state index contributed by atoms with van der Waals surface area (Å²) in [5.74, 6) is 0. The first-order chi connectivity index (χ1) is 4.00. The number of hydrogen-bond acceptors (Lipinski definition) is 8. The number of rotatable bonds is 0. The third kappa shape index (κ3) is 257. The van der Waals surface area contributed by atoms with Crippen LogP contribution in [0.3, 0.4) is 0 Å². The summed E-state index contributed by atoms with van der Waals surface area (Å²) >= 11 is 0. The zero-order chi connectivity index (χ0) is 9.00. The van der Waals surface area contributed by atoms with Crippen LogP contribution in [-0.4, -0.2) is 0 Å². The fourth-order valence-electron chi connectivity index (χ4n) is 0. The first kappa shape index (κ1) is 29.8. The maximum atomic E-state index is 8.55. The van der Waals surface area contributed by atoms with Crippen molar-refractivity contribution in [3.63, 3.8) is 0 Å². The molecule has 0 radical (unpaired) electrons. The van der Waals surface area contributed by atoms with Gasteiger partial charge in [-0.25, -0.2) is 0 Å². The number of phosphoric acid groups is 2. The summed E-state index contributed by atoms with van der Waals surface area (Å²) in [6.07, 6.45) is 0. The third-order valence-electron chi connectivity index (χ3n) is 0. The molecular weight excluding hydrogens is 259 g/mol. The summed E-state index contributed by atoms with van der Waals surface area (Å²) in [7, 11) is -10.8. The Hall–Kier alpha value is 3.22. The van der Waals surface area contributed by atoms with E-state index >= 15 is 0 Å². The summed E-state index contributed by atoms with van der Waals surface area (Å²) in [4.78, 5) is 51.3. The molecule has 8 nitrogen and oxygen atoms in total. The molecule has 0 aliphatic heterocycles. The monoisotopic (exact) mass is 262 g/mol. The Bertz CT molecular complexity index is 141. The molecule has 0 aromatic rings. The summed E-state index contributed by atoms with van der Waals surface area (Å²) in [5.41, 5.74) is 0. The second kappa shape index (κ2) is 13.3. The van der Waals surface area contributed by atoms with Gasteiger partial charge in [-0.1, -0.05) is 0 Å².